The highest BCUT2D eigenvalue weighted by molar-refractivity contribution is 6.30. The number of hydrogen-bond acceptors (Lipinski definition) is 2. The van der Waals surface area contributed by atoms with E-state index in [2.05, 4.69) is 0 Å². The molecule has 0 saturated heterocycles. The molecule has 0 aliphatic heterocycles. The highest BCUT2D eigenvalue weighted by atomic mass is 35.5. The Hall–Kier alpha value is -0.730. The smallest absolute Gasteiger partial charge is 0.124 e. The molecule has 0 heterocycles. The summed E-state index contributed by atoms with van der Waals surface area (Å²) in [5.41, 5.74) is 6.93. The van der Waals surface area contributed by atoms with E-state index in [1.165, 1.54) is 25.7 Å². The summed E-state index contributed by atoms with van der Waals surface area (Å²) in [6.45, 7) is 2.74. The van der Waals surface area contributed by atoms with E-state index in [9.17, 15) is 0 Å². The largest absolute Gasteiger partial charge is 0.493 e. The zero-order valence-corrected chi connectivity index (χ0v) is 11.7. The normalized spacial score (nSPS) is 17.9. The van der Waals surface area contributed by atoms with Crippen LogP contribution in [0.1, 0.15) is 50.6 Å². The molecule has 2 N–H and O–H groups in total. The summed E-state index contributed by atoms with van der Waals surface area (Å²) in [4.78, 5) is 0. The van der Waals surface area contributed by atoms with Crippen molar-refractivity contribution in [3.8, 4) is 5.75 Å². The quantitative estimate of drug-likeness (QED) is 0.862. The van der Waals surface area contributed by atoms with Crippen LogP contribution in [-0.4, -0.2) is 6.61 Å². The van der Waals surface area contributed by atoms with Crippen molar-refractivity contribution in [3.05, 3.63) is 28.8 Å². The number of benzene rings is 1. The Morgan fingerprint density at radius 2 is 2.11 bits per heavy atom. The molecular weight excluding hydrogens is 246 g/mol. The molecular formula is C15H22ClNO. The van der Waals surface area contributed by atoms with E-state index in [0.717, 1.165) is 30.3 Å². The van der Waals surface area contributed by atoms with E-state index in [4.69, 9.17) is 22.1 Å². The molecule has 0 amide bonds. The number of nitrogens with two attached hydrogens (primary N) is 1. The third-order valence-electron chi connectivity index (χ3n) is 3.72. The second-order valence-electron chi connectivity index (χ2n) is 5.26. The monoisotopic (exact) mass is 267 g/mol. The first-order chi connectivity index (χ1) is 8.66. The first-order valence-corrected chi connectivity index (χ1v) is 7.22. The Morgan fingerprint density at radius 3 is 2.78 bits per heavy atom. The van der Waals surface area contributed by atoms with E-state index in [1.807, 2.05) is 25.1 Å². The van der Waals surface area contributed by atoms with Crippen LogP contribution in [0.25, 0.3) is 0 Å². The average molecular weight is 268 g/mol. The van der Waals surface area contributed by atoms with Crippen molar-refractivity contribution in [2.45, 2.75) is 45.1 Å². The molecule has 1 aromatic carbocycles. The van der Waals surface area contributed by atoms with Gasteiger partial charge >= 0.3 is 0 Å². The molecule has 1 saturated carbocycles. The molecule has 2 nitrogen and oxygen atoms in total. The van der Waals surface area contributed by atoms with Crippen LogP contribution in [-0.2, 0) is 0 Å². The van der Waals surface area contributed by atoms with E-state index >= 15 is 0 Å². The maximum absolute atomic E-state index is 5.99. The Kier molecular flexibility index (Phi) is 4.90. The predicted octanol–water partition coefficient (Wildman–Crippen LogP) is 4.32. The van der Waals surface area contributed by atoms with Crippen molar-refractivity contribution in [2.24, 2.45) is 11.7 Å². The fourth-order valence-corrected chi connectivity index (χ4v) is 2.82. The molecule has 100 valence electrons. The lowest BCUT2D eigenvalue weighted by Crippen LogP contribution is -2.10. The Balaban J connectivity index is 1.91. The number of ether oxygens (including phenoxy) is 1. The molecule has 18 heavy (non-hydrogen) atoms. The molecule has 0 bridgehead atoms. The molecule has 3 heteroatoms. The molecule has 1 aliphatic rings. The Labute approximate surface area is 114 Å². The van der Waals surface area contributed by atoms with Gasteiger partial charge in [-0.1, -0.05) is 37.3 Å². The molecule has 0 radical (unpaired) electrons. The molecule has 1 unspecified atom stereocenters. The van der Waals surface area contributed by atoms with E-state index in [0.29, 0.717) is 5.02 Å². The second kappa shape index (κ2) is 6.44. The lowest BCUT2D eigenvalue weighted by molar-refractivity contribution is 0.276. The van der Waals surface area contributed by atoms with Gasteiger partial charge in [0.2, 0.25) is 0 Å². The van der Waals surface area contributed by atoms with Gasteiger partial charge in [0.25, 0.3) is 0 Å². The SMILES string of the molecule is CC(N)c1cc(Cl)ccc1OCCC1CCCC1. The van der Waals surface area contributed by atoms with Crippen LogP contribution in [0.5, 0.6) is 5.75 Å². The topological polar surface area (TPSA) is 35.2 Å². The van der Waals surface area contributed by atoms with Crippen LogP contribution in [0.15, 0.2) is 18.2 Å². The van der Waals surface area contributed by atoms with Crippen LogP contribution in [0.3, 0.4) is 0 Å². The Bertz CT molecular complexity index is 386. The first kappa shape index (κ1) is 13.7. The molecule has 1 atom stereocenters. The van der Waals surface area contributed by atoms with Gasteiger partial charge in [-0.2, -0.15) is 0 Å². The average Bonchev–Trinajstić information content (AvgIpc) is 2.84. The van der Waals surface area contributed by atoms with Gasteiger partial charge in [0.15, 0.2) is 0 Å². The highest BCUT2D eigenvalue weighted by Gasteiger charge is 2.15. The van der Waals surface area contributed by atoms with Gasteiger partial charge in [-0.15, -0.1) is 0 Å². The van der Waals surface area contributed by atoms with Gasteiger partial charge in [-0.05, 0) is 37.5 Å². The van der Waals surface area contributed by atoms with Gasteiger partial charge in [0.1, 0.15) is 5.75 Å². The minimum atomic E-state index is -0.0508. The standard InChI is InChI=1S/C15H22ClNO/c1-11(17)14-10-13(16)6-7-15(14)18-9-8-12-4-2-3-5-12/h6-7,10-12H,2-5,8-9,17H2,1H3. The third kappa shape index (κ3) is 3.63. The van der Waals surface area contributed by atoms with Crippen molar-refractivity contribution in [1.29, 1.82) is 0 Å². The van der Waals surface area contributed by atoms with Crippen molar-refractivity contribution >= 4 is 11.6 Å². The van der Waals surface area contributed by atoms with Crippen molar-refractivity contribution < 1.29 is 4.74 Å². The van der Waals surface area contributed by atoms with Gasteiger partial charge in [-0.25, -0.2) is 0 Å². The summed E-state index contributed by atoms with van der Waals surface area (Å²) in [5.74, 6) is 1.74. The van der Waals surface area contributed by atoms with Crippen molar-refractivity contribution in [1.82, 2.24) is 0 Å². The van der Waals surface area contributed by atoms with Crippen LogP contribution >= 0.6 is 11.6 Å². The maximum atomic E-state index is 5.99. The lowest BCUT2D eigenvalue weighted by atomic mass is 10.1. The summed E-state index contributed by atoms with van der Waals surface area (Å²) < 4.78 is 5.88. The minimum Gasteiger partial charge on any atom is -0.493 e. The zero-order chi connectivity index (χ0) is 13.0. The van der Waals surface area contributed by atoms with Crippen molar-refractivity contribution in [2.75, 3.05) is 6.61 Å². The van der Waals surface area contributed by atoms with Gasteiger partial charge in [-0.3, -0.25) is 0 Å². The van der Waals surface area contributed by atoms with E-state index < -0.39 is 0 Å². The minimum absolute atomic E-state index is 0.0508. The predicted molar refractivity (Wildman–Crippen MR) is 76.1 cm³/mol. The van der Waals surface area contributed by atoms with Crippen LogP contribution < -0.4 is 10.5 Å². The summed E-state index contributed by atoms with van der Waals surface area (Å²) in [5, 5.41) is 0.713. The number of rotatable bonds is 5. The van der Waals surface area contributed by atoms with Crippen LogP contribution in [0.4, 0.5) is 0 Å². The molecule has 1 fully saturated rings. The highest BCUT2D eigenvalue weighted by Crippen LogP contribution is 2.30. The molecule has 2 rings (SSSR count). The first-order valence-electron chi connectivity index (χ1n) is 6.84. The Morgan fingerprint density at radius 1 is 1.39 bits per heavy atom. The summed E-state index contributed by atoms with van der Waals surface area (Å²) in [7, 11) is 0. The summed E-state index contributed by atoms with van der Waals surface area (Å²) in [6, 6.07) is 5.63. The van der Waals surface area contributed by atoms with Gasteiger partial charge in [0.05, 0.1) is 6.61 Å². The lowest BCUT2D eigenvalue weighted by Gasteiger charge is -2.15. The molecule has 0 aromatic heterocycles. The van der Waals surface area contributed by atoms with Crippen LogP contribution in [0.2, 0.25) is 5.02 Å². The second-order valence-corrected chi connectivity index (χ2v) is 5.69. The van der Waals surface area contributed by atoms with E-state index in [1.54, 1.807) is 0 Å². The summed E-state index contributed by atoms with van der Waals surface area (Å²) >= 11 is 5.99. The zero-order valence-electron chi connectivity index (χ0n) is 11.0. The molecule has 0 spiro atoms. The van der Waals surface area contributed by atoms with Gasteiger partial charge < -0.3 is 10.5 Å². The van der Waals surface area contributed by atoms with E-state index in [-0.39, 0.29) is 6.04 Å². The number of halogens is 1. The maximum Gasteiger partial charge on any atom is 0.124 e. The number of hydrogen-bond donors (Lipinski definition) is 1. The van der Waals surface area contributed by atoms with Gasteiger partial charge in [0, 0.05) is 16.6 Å². The fourth-order valence-electron chi connectivity index (χ4n) is 2.64. The molecule has 1 aliphatic carbocycles. The fraction of sp³-hybridized carbons (Fsp3) is 0.600. The third-order valence-corrected chi connectivity index (χ3v) is 3.96. The van der Waals surface area contributed by atoms with Crippen LogP contribution in [0, 0.1) is 5.92 Å². The summed E-state index contributed by atoms with van der Waals surface area (Å²) in [6.07, 6.45) is 6.66. The molecule has 1 aromatic rings. The van der Waals surface area contributed by atoms with Crippen molar-refractivity contribution in [3.63, 3.8) is 0 Å².